The number of benzene rings is 2. The van der Waals surface area contributed by atoms with E-state index in [1.807, 2.05) is 0 Å². The zero-order valence-corrected chi connectivity index (χ0v) is 12.8. The smallest absolute Gasteiger partial charge is 0.128 e. The lowest BCUT2D eigenvalue weighted by Gasteiger charge is -2.18. The van der Waals surface area contributed by atoms with Gasteiger partial charge in [-0.3, -0.25) is 0 Å². The lowest BCUT2D eigenvalue weighted by molar-refractivity contribution is 0.105. The van der Waals surface area contributed by atoms with Crippen molar-refractivity contribution in [3.8, 4) is 0 Å². The Labute approximate surface area is 125 Å². The van der Waals surface area contributed by atoms with Crippen molar-refractivity contribution in [2.45, 2.75) is 33.4 Å². The van der Waals surface area contributed by atoms with Gasteiger partial charge < -0.3 is 10.5 Å². The van der Waals surface area contributed by atoms with Crippen molar-refractivity contribution >= 4 is 0 Å². The zero-order valence-electron chi connectivity index (χ0n) is 12.8. The molecule has 2 N–H and O–H groups in total. The van der Waals surface area contributed by atoms with E-state index in [2.05, 4.69) is 32.9 Å². The molecule has 3 heteroatoms. The summed E-state index contributed by atoms with van der Waals surface area (Å²) in [4.78, 5) is 0. The average Bonchev–Trinajstić information content (AvgIpc) is 2.39. The summed E-state index contributed by atoms with van der Waals surface area (Å²) in [5, 5.41) is 0. The second-order valence-corrected chi connectivity index (χ2v) is 5.53. The third-order valence-corrected chi connectivity index (χ3v) is 3.62. The SMILES string of the molecule is Cc1cc(C)c(C(N)COCc2ccccc2F)c(C)c1. The molecule has 0 fully saturated rings. The van der Waals surface area contributed by atoms with E-state index in [0.29, 0.717) is 12.2 Å². The first-order valence-electron chi connectivity index (χ1n) is 7.13. The molecule has 0 spiro atoms. The number of aryl methyl sites for hydroxylation is 3. The quantitative estimate of drug-likeness (QED) is 0.903. The maximum Gasteiger partial charge on any atom is 0.128 e. The first-order valence-corrected chi connectivity index (χ1v) is 7.13. The van der Waals surface area contributed by atoms with Crippen LogP contribution in [0.1, 0.15) is 33.9 Å². The zero-order chi connectivity index (χ0) is 15.4. The summed E-state index contributed by atoms with van der Waals surface area (Å²) in [6.45, 7) is 6.81. The predicted octanol–water partition coefficient (Wildman–Crippen LogP) is 3.97. The molecule has 0 heterocycles. The molecule has 2 aromatic rings. The van der Waals surface area contributed by atoms with E-state index in [-0.39, 0.29) is 18.5 Å². The van der Waals surface area contributed by atoms with Crippen LogP contribution >= 0.6 is 0 Å². The van der Waals surface area contributed by atoms with Crippen LogP contribution < -0.4 is 5.73 Å². The molecular formula is C18H22FNO. The van der Waals surface area contributed by atoms with E-state index in [1.165, 1.54) is 22.8 Å². The van der Waals surface area contributed by atoms with Crippen LogP contribution in [0.25, 0.3) is 0 Å². The van der Waals surface area contributed by atoms with Crippen LogP contribution in [0.15, 0.2) is 36.4 Å². The summed E-state index contributed by atoms with van der Waals surface area (Å²) in [6, 6.07) is 10.7. The second kappa shape index (κ2) is 6.83. The Morgan fingerprint density at radius 3 is 2.33 bits per heavy atom. The molecule has 0 aliphatic carbocycles. The van der Waals surface area contributed by atoms with Gasteiger partial charge in [-0.15, -0.1) is 0 Å². The molecule has 2 aromatic carbocycles. The molecule has 112 valence electrons. The Balaban J connectivity index is 2.00. The van der Waals surface area contributed by atoms with Crippen molar-refractivity contribution in [3.63, 3.8) is 0 Å². The molecule has 0 aliphatic rings. The molecule has 0 saturated heterocycles. The Morgan fingerprint density at radius 2 is 1.71 bits per heavy atom. The van der Waals surface area contributed by atoms with Crippen molar-refractivity contribution in [2.75, 3.05) is 6.61 Å². The Hall–Kier alpha value is -1.71. The Kier molecular flexibility index (Phi) is 5.10. The number of nitrogens with two attached hydrogens (primary N) is 1. The molecule has 2 nitrogen and oxygen atoms in total. The van der Waals surface area contributed by atoms with Gasteiger partial charge in [0, 0.05) is 5.56 Å². The van der Waals surface area contributed by atoms with Gasteiger partial charge in [0.2, 0.25) is 0 Å². The van der Waals surface area contributed by atoms with Crippen LogP contribution in [0.3, 0.4) is 0 Å². The van der Waals surface area contributed by atoms with Gasteiger partial charge in [-0.05, 0) is 43.5 Å². The van der Waals surface area contributed by atoms with Gasteiger partial charge in [-0.25, -0.2) is 4.39 Å². The average molecular weight is 287 g/mol. The van der Waals surface area contributed by atoms with Crippen LogP contribution in [0.4, 0.5) is 4.39 Å². The first kappa shape index (κ1) is 15.7. The third-order valence-electron chi connectivity index (χ3n) is 3.62. The van der Waals surface area contributed by atoms with E-state index >= 15 is 0 Å². The highest BCUT2D eigenvalue weighted by Crippen LogP contribution is 2.22. The van der Waals surface area contributed by atoms with E-state index in [1.54, 1.807) is 18.2 Å². The molecule has 2 rings (SSSR count). The van der Waals surface area contributed by atoms with Gasteiger partial charge in [0.1, 0.15) is 5.82 Å². The maximum atomic E-state index is 13.5. The topological polar surface area (TPSA) is 35.2 Å². The van der Waals surface area contributed by atoms with E-state index in [4.69, 9.17) is 10.5 Å². The molecule has 0 aliphatic heterocycles. The molecule has 0 radical (unpaired) electrons. The summed E-state index contributed by atoms with van der Waals surface area (Å²) in [7, 11) is 0. The largest absolute Gasteiger partial charge is 0.375 e. The van der Waals surface area contributed by atoms with Crippen molar-refractivity contribution in [1.82, 2.24) is 0 Å². The molecular weight excluding hydrogens is 265 g/mol. The molecule has 1 atom stereocenters. The van der Waals surface area contributed by atoms with Gasteiger partial charge in [0.05, 0.1) is 19.3 Å². The van der Waals surface area contributed by atoms with Crippen LogP contribution in [0, 0.1) is 26.6 Å². The number of rotatable bonds is 5. The number of hydrogen-bond acceptors (Lipinski definition) is 2. The third kappa shape index (κ3) is 3.90. The lowest BCUT2D eigenvalue weighted by atomic mass is 9.95. The first-order chi connectivity index (χ1) is 9.99. The fourth-order valence-corrected chi connectivity index (χ4v) is 2.77. The maximum absolute atomic E-state index is 13.5. The van der Waals surface area contributed by atoms with Crippen LogP contribution in [-0.4, -0.2) is 6.61 Å². The van der Waals surface area contributed by atoms with Crippen molar-refractivity contribution in [1.29, 1.82) is 0 Å². The predicted molar refractivity (Wildman–Crippen MR) is 83.6 cm³/mol. The fraction of sp³-hybridized carbons (Fsp3) is 0.333. The van der Waals surface area contributed by atoms with Gasteiger partial charge in [-0.2, -0.15) is 0 Å². The fourth-order valence-electron chi connectivity index (χ4n) is 2.77. The van der Waals surface area contributed by atoms with Crippen LogP contribution in [0.5, 0.6) is 0 Å². The standard InChI is InChI=1S/C18H22FNO/c1-12-8-13(2)18(14(3)9-12)17(20)11-21-10-15-6-4-5-7-16(15)19/h4-9,17H,10-11,20H2,1-3H3. The number of halogens is 1. The molecule has 0 aromatic heterocycles. The molecule has 21 heavy (non-hydrogen) atoms. The van der Waals surface area contributed by atoms with Crippen molar-refractivity contribution in [2.24, 2.45) is 5.73 Å². The van der Waals surface area contributed by atoms with Gasteiger partial charge in [0.25, 0.3) is 0 Å². The van der Waals surface area contributed by atoms with Crippen molar-refractivity contribution < 1.29 is 9.13 Å². The minimum absolute atomic E-state index is 0.197. The summed E-state index contributed by atoms with van der Waals surface area (Å²) in [5.41, 5.74) is 11.5. The number of hydrogen-bond donors (Lipinski definition) is 1. The van der Waals surface area contributed by atoms with Crippen molar-refractivity contribution in [3.05, 3.63) is 70.0 Å². The molecule has 1 unspecified atom stereocenters. The highest BCUT2D eigenvalue weighted by molar-refractivity contribution is 5.39. The summed E-state index contributed by atoms with van der Waals surface area (Å²) in [6.07, 6.45) is 0. The minimum Gasteiger partial charge on any atom is -0.375 e. The van der Waals surface area contributed by atoms with Gasteiger partial charge >= 0.3 is 0 Å². The number of ether oxygens (including phenoxy) is 1. The Bertz CT molecular complexity index is 601. The highest BCUT2D eigenvalue weighted by Gasteiger charge is 2.13. The second-order valence-electron chi connectivity index (χ2n) is 5.53. The van der Waals surface area contributed by atoms with E-state index in [9.17, 15) is 4.39 Å². The highest BCUT2D eigenvalue weighted by atomic mass is 19.1. The molecule has 0 saturated carbocycles. The molecule has 0 amide bonds. The summed E-state index contributed by atoms with van der Waals surface area (Å²) in [5.74, 6) is -0.242. The monoisotopic (exact) mass is 287 g/mol. The van der Waals surface area contributed by atoms with Crippen LogP contribution in [0.2, 0.25) is 0 Å². The molecule has 0 bridgehead atoms. The minimum atomic E-state index is -0.242. The van der Waals surface area contributed by atoms with Crippen LogP contribution in [-0.2, 0) is 11.3 Å². The van der Waals surface area contributed by atoms with E-state index in [0.717, 1.165) is 5.56 Å². The van der Waals surface area contributed by atoms with Gasteiger partial charge in [0.15, 0.2) is 0 Å². The van der Waals surface area contributed by atoms with E-state index < -0.39 is 0 Å². The summed E-state index contributed by atoms with van der Waals surface area (Å²) >= 11 is 0. The van der Waals surface area contributed by atoms with Gasteiger partial charge in [-0.1, -0.05) is 35.9 Å². The normalized spacial score (nSPS) is 12.4. The lowest BCUT2D eigenvalue weighted by Crippen LogP contribution is -2.19. The summed E-state index contributed by atoms with van der Waals surface area (Å²) < 4.78 is 19.1. The Morgan fingerprint density at radius 1 is 1.10 bits per heavy atom.